The van der Waals surface area contributed by atoms with Gasteiger partial charge in [0.2, 0.25) is 12.0 Å². The van der Waals surface area contributed by atoms with Crippen LogP contribution in [0.2, 0.25) is 0 Å². The number of piperidine rings is 1. The Kier molecular flexibility index (Phi) is 4.29. The molecule has 1 heterocycles. The summed E-state index contributed by atoms with van der Waals surface area (Å²) >= 11 is 0. The highest BCUT2D eigenvalue weighted by Gasteiger charge is 2.39. The van der Waals surface area contributed by atoms with E-state index >= 15 is 0 Å². The first-order valence-corrected chi connectivity index (χ1v) is 7.33. The van der Waals surface area contributed by atoms with E-state index in [9.17, 15) is 9.59 Å². The Hall–Kier alpha value is -1.93. The SMILES string of the molecule is CC(C)(C)C(=O)N1CCC(N=C=O)(c2ccccc2)CC1. The van der Waals surface area contributed by atoms with Gasteiger partial charge in [0.05, 0.1) is 0 Å². The molecule has 1 saturated heterocycles. The normalized spacial score (nSPS) is 18.0. The van der Waals surface area contributed by atoms with Crippen LogP contribution in [-0.2, 0) is 15.1 Å². The number of rotatable bonds is 2. The summed E-state index contributed by atoms with van der Waals surface area (Å²) in [5, 5.41) is 0. The van der Waals surface area contributed by atoms with Gasteiger partial charge < -0.3 is 4.90 Å². The molecular weight excluding hydrogens is 264 g/mol. The summed E-state index contributed by atoms with van der Waals surface area (Å²) < 4.78 is 0. The summed E-state index contributed by atoms with van der Waals surface area (Å²) in [5.74, 6) is 0.152. The molecule has 1 aliphatic heterocycles. The van der Waals surface area contributed by atoms with Crippen LogP contribution in [0.1, 0.15) is 39.2 Å². The lowest BCUT2D eigenvalue weighted by atomic mass is 9.80. The minimum Gasteiger partial charge on any atom is -0.342 e. The van der Waals surface area contributed by atoms with E-state index in [1.165, 1.54) is 0 Å². The van der Waals surface area contributed by atoms with Crippen LogP contribution in [0.4, 0.5) is 0 Å². The fraction of sp³-hybridized carbons (Fsp3) is 0.529. The molecule has 0 atom stereocenters. The Morgan fingerprint density at radius 3 is 2.24 bits per heavy atom. The topological polar surface area (TPSA) is 49.7 Å². The van der Waals surface area contributed by atoms with Crippen LogP contribution >= 0.6 is 0 Å². The number of hydrogen-bond donors (Lipinski definition) is 0. The molecule has 0 aliphatic carbocycles. The maximum Gasteiger partial charge on any atom is 0.235 e. The second-order valence-corrected chi connectivity index (χ2v) is 6.64. The van der Waals surface area contributed by atoms with Gasteiger partial charge in [-0.25, -0.2) is 4.79 Å². The minimum absolute atomic E-state index is 0.152. The summed E-state index contributed by atoms with van der Waals surface area (Å²) in [6.07, 6.45) is 3.04. The molecule has 0 aromatic heterocycles. The van der Waals surface area contributed by atoms with Gasteiger partial charge in [-0.15, -0.1) is 0 Å². The molecule has 1 aromatic rings. The van der Waals surface area contributed by atoms with Crippen LogP contribution in [0, 0.1) is 5.41 Å². The highest BCUT2D eigenvalue weighted by Crippen LogP contribution is 2.37. The van der Waals surface area contributed by atoms with Crippen molar-refractivity contribution in [1.29, 1.82) is 0 Å². The molecule has 112 valence electrons. The van der Waals surface area contributed by atoms with Crippen molar-refractivity contribution in [3.8, 4) is 0 Å². The number of carbonyl (C=O) groups excluding carboxylic acids is 2. The van der Waals surface area contributed by atoms with Crippen molar-refractivity contribution >= 4 is 12.0 Å². The Labute approximate surface area is 125 Å². The van der Waals surface area contributed by atoms with Crippen molar-refractivity contribution in [3.63, 3.8) is 0 Å². The molecule has 1 aromatic carbocycles. The molecule has 1 fully saturated rings. The standard InChI is InChI=1S/C17H22N2O2/c1-16(2,3)15(21)19-11-9-17(10-12-19,18-13-20)14-7-5-4-6-8-14/h4-8H,9-12H2,1-3H3. The third-order valence-electron chi connectivity index (χ3n) is 4.09. The second kappa shape index (κ2) is 5.82. The number of aliphatic imine (C=N–C) groups is 1. The molecular formula is C17H22N2O2. The Morgan fingerprint density at radius 2 is 1.76 bits per heavy atom. The minimum atomic E-state index is -0.530. The molecule has 0 spiro atoms. The Balaban J connectivity index is 2.20. The van der Waals surface area contributed by atoms with Crippen LogP contribution < -0.4 is 0 Å². The molecule has 21 heavy (non-hydrogen) atoms. The van der Waals surface area contributed by atoms with Crippen LogP contribution in [-0.4, -0.2) is 30.0 Å². The van der Waals surface area contributed by atoms with E-state index < -0.39 is 5.54 Å². The van der Waals surface area contributed by atoms with Crippen molar-refractivity contribution in [2.75, 3.05) is 13.1 Å². The number of benzene rings is 1. The van der Waals surface area contributed by atoms with Crippen molar-refractivity contribution in [1.82, 2.24) is 4.90 Å². The van der Waals surface area contributed by atoms with E-state index in [2.05, 4.69) is 4.99 Å². The molecule has 0 saturated carbocycles. The summed E-state index contributed by atoms with van der Waals surface area (Å²) in [5.41, 5.74) is 0.120. The van der Waals surface area contributed by atoms with Gasteiger partial charge in [0.15, 0.2) is 0 Å². The van der Waals surface area contributed by atoms with E-state index in [1.54, 1.807) is 6.08 Å². The lowest BCUT2D eigenvalue weighted by Crippen LogP contribution is -2.48. The van der Waals surface area contributed by atoms with E-state index in [-0.39, 0.29) is 11.3 Å². The smallest absolute Gasteiger partial charge is 0.235 e. The molecule has 4 heteroatoms. The van der Waals surface area contributed by atoms with Crippen molar-refractivity contribution in [2.45, 2.75) is 39.2 Å². The first-order chi connectivity index (χ1) is 9.89. The van der Waals surface area contributed by atoms with Crippen LogP contribution in [0.25, 0.3) is 0 Å². The molecule has 2 rings (SSSR count). The van der Waals surface area contributed by atoms with Gasteiger partial charge in [-0.2, -0.15) is 4.99 Å². The quantitative estimate of drug-likeness (QED) is 0.620. The maximum absolute atomic E-state index is 12.3. The fourth-order valence-electron chi connectivity index (χ4n) is 2.85. The van der Waals surface area contributed by atoms with Gasteiger partial charge in [-0.1, -0.05) is 51.1 Å². The summed E-state index contributed by atoms with van der Waals surface area (Å²) in [7, 11) is 0. The average molecular weight is 286 g/mol. The van der Waals surface area contributed by atoms with Crippen molar-refractivity contribution in [2.24, 2.45) is 10.4 Å². The molecule has 1 amide bonds. The molecule has 0 N–H and O–H groups in total. The van der Waals surface area contributed by atoms with Gasteiger partial charge in [0.1, 0.15) is 5.54 Å². The highest BCUT2D eigenvalue weighted by atomic mass is 16.2. The van der Waals surface area contributed by atoms with Gasteiger partial charge in [-0.05, 0) is 18.4 Å². The lowest BCUT2D eigenvalue weighted by Gasteiger charge is -2.40. The Bertz CT molecular complexity index is 546. The van der Waals surface area contributed by atoms with Crippen molar-refractivity contribution in [3.05, 3.63) is 35.9 Å². The number of isocyanates is 1. The number of carbonyl (C=O) groups is 1. The van der Waals surface area contributed by atoms with E-state index in [0.717, 1.165) is 5.56 Å². The zero-order valence-corrected chi connectivity index (χ0v) is 12.9. The Morgan fingerprint density at radius 1 is 1.19 bits per heavy atom. The van der Waals surface area contributed by atoms with Gasteiger partial charge in [0, 0.05) is 18.5 Å². The van der Waals surface area contributed by atoms with E-state index in [0.29, 0.717) is 25.9 Å². The molecule has 4 nitrogen and oxygen atoms in total. The predicted molar refractivity (Wildman–Crippen MR) is 81.5 cm³/mol. The largest absolute Gasteiger partial charge is 0.342 e. The molecule has 0 unspecified atom stereocenters. The van der Waals surface area contributed by atoms with Gasteiger partial charge in [0.25, 0.3) is 0 Å². The van der Waals surface area contributed by atoms with Gasteiger partial charge in [-0.3, -0.25) is 4.79 Å². The first kappa shape index (κ1) is 15.5. The number of likely N-dealkylation sites (tertiary alicyclic amines) is 1. The van der Waals surface area contributed by atoms with Crippen LogP contribution in [0.3, 0.4) is 0 Å². The third kappa shape index (κ3) is 3.22. The number of hydrogen-bond acceptors (Lipinski definition) is 3. The summed E-state index contributed by atoms with van der Waals surface area (Å²) in [6, 6.07) is 9.82. The summed E-state index contributed by atoms with van der Waals surface area (Å²) in [6.45, 7) is 7.03. The summed E-state index contributed by atoms with van der Waals surface area (Å²) in [4.78, 5) is 29.2. The monoisotopic (exact) mass is 286 g/mol. The molecule has 0 bridgehead atoms. The third-order valence-corrected chi connectivity index (χ3v) is 4.09. The number of nitrogens with zero attached hydrogens (tertiary/aromatic N) is 2. The van der Waals surface area contributed by atoms with E-state index in [4.69, 9.17) is 0 Å². The van der Waals surface area contributed by atoms with Crippen LogP contribution in [0.15, 0.2) is 35.3 Å². The molecule has 0 radical (unpaired) electrons. The fourth-order valence-corrected chi connectivity index (χ4v) is 2.85. The van der Waals surface area contributed by atoms with Gasteiger partial charge >= 0.3 is 0 Å². The number of amides is 1. The van der Waals surface area contributed by atoms with Crippen LogP contribution in [0.5, 0.6) is 0 Å². The second-order valence-electron chi connectivity index (χ2n) is 6.64. The predicted octanol–water partition coefficient (Wildman–Crippen LogP) is 2.89. The molecule has 1 aliphatic rings. The first-order valence-electron chi connectivity index (χ1n) is 7.33. The maximum atomic E-state index is 12.3. The highest BCUT2D eigenvalue weighted by molar-refractivity contribution is 5.81. The average Bonchev–Trinajstić information content (AvgIpc) is 2.47. The van der Waals surface area contributed by atoms with E-state index in [1.807, 2.05) is 56.0 Å². The lowest BCUT2D eigenvalue weighted by molar-refractivity contribution is -0.141. The zero-order valence-electron chi connectivity index (χ0n) is 12.9. The van der Waals surface area contributed by atoms with Crippen molar-refractivity contribution < 1.29 is 9.59 Å². The zero-order chi connectivity index (χ0) is 15.5.